The molecule has 2 N–H and O–H groups in total. The summed E-state index contributed by atoms with van der Waals surface area (Å²) in [6, 6.07) is 21.1. The van der Waals surface area contributed by atoms with E-state index < -0.39 is 22.5 Å². The van der Waals surface area contributed by atoms with Crippen LogP contribution in [-0.4, -0.2) is 66.6 Å². The molecule has 0 saturated carbocycles. The van der Waals surface area contributed by atoms with Crippen molar-refractivity contribution in [2.75, 3.05) is 44.5 Å². The fourth-order valence-electron chi connectivity index (χ4n) is 3.57. The Kier molecular flexibility index (Phi) is 10.9. The Bertz CT molecular complexity index is 1410. The normalized spacial score (nSPS) is 11.1. The minimum atomic E-state index is -3.79. The first-order valence-corrected chi connectivity index (χ1v) is 14.1. The van der Waals surface area contributed by atoms with Crippen LogP contribution < -0.4 is 29.3 Å². The van der Waals surface area contributed by atoms with E-state index >= 15 is 0 Å². The largest absolute Gasteiger partial charge is 0.493 e. The molecule has 0 spiro atoms. The molecule has 3 aromatic rings. The van der Waals surface area contributed by atoms with Crippen LogP contribution in [0, 0.1) is 0 Å². The number of sulfonamides is 1. The van der Waals surface area contributed by atoms with Gasteiger partial charge in [-0.15, -0.1) is 0 Å². The summed E-state index contributed by atoms with van der Waals surface area (Å²) >= 11 is 0. The first kappa shape index (κ1) is 30.0. The molecular formula is C28H32N4O7S. The van der Waals surface area contributed by atoms with Gasteiger partial charge in [0.25, 0.3) is 11.8 Å². The minimum Gasteiger partial charge on any atom is -0.493 e. The number of anilines is 1. The Labute approximate surface area is 233 Å². The van der Waals surface area contributed by atoms with E-state index in [1.165, 1.54) is 32.6 Å². The molecule has 3 aromatic carbocycles. The molecule has 0 aliphatic heterocycles. The summed E-state index contributed by atoms with van der Waals surface area (Å²) < 4.78 is 41.6. The summed E-state index contributed by atoms with van der Waals surface area (Å²) in [5.74, 6) is 0.378. The fraction of sp³-hybridized carbons (Fsp3) is 0.250. The van der Waals surface area contributed by atoms with E-state index in [-0.39, 0.29) is 18.2 Å². The average Bonchev–Trinajstić information content (AvgIpc) is 2.95. The molecule has 0 fully saturated rings. The van der Waals surface area contributed by atoms with Crippen LogP contribution in [0.1, 0.15) is 11.1 Å². The lowest BCUT2D eigenvalue weighted by Crippen LogP contribution is -2.39. The van der Waals surface area contributed by atoms with E-state index in [9.17, 15) is 18.0 Å². The van der Waals surface area contributed by atoms with Crippen LogP contribution in [0.25, 0.3) is 0 Å². The van der Waals surface area contributed by atoms with E-state index in [0.29, 0.717) is 29.4 Å². The number of hydrogen-bond donors (Lipinski definition) is 2. The summed E-state index contributed by atoms with van der Waals surface area (Å²) in [6.45, 7) is -0.0927. The molecule has 12 heteroatoms. The number of hydrazone groups is 1. The van der Waals surface area contributed by atoms with Crippen LogP contribution in [0.5, 0.6) is 17.2 Å². The summed E-state index contributed by atoms with van der Waals surface area (Å²) in [7, 11) is -0.896. The zero-order valence-corrected chi connectivity index (χ0v) is 23.3. The number of carbonyl (C=O) groups is 2. The SMILES string of the molecule is COc1ccc(N(CC(=O)N/N=C/c2ccc(OCC(=O)NCCc3ccccc3)cc2)S(C)(=O)=O)cc1OC. The van der Waals surface area contributed by atoms with E-state index in [2.05, 4.69) is 15.8 Å². The molecule has 11 nitrogen and oxygen atoms in total. The van der Waals surface area contributed by atoms with Gasteiger partial charge in [-0.3, -0.25) is 13.9 Å². The molecule has 0 saturated heterocycles. The maximum Gasteiger partial charge on any atom is 0.260 e. The molecule has 0 radical (unpaired) electrons. The number of nitrogens with zero attached hydrogens (tertiary/aromatic N) is 2. The van der Waals surface area contributed by atoms with Crippen molar-refractivity contribution in [2.24, 2.45) is 5.10 Å². The van der Waals surface area contributed by atoms with Gasteiger partial charge in [-0.05, 0) is 53.9 Å². The van der Waals surface area contributed by atoms with Crippen molar-refractivity contribution >= 4 is 33.7 Å². The van der Waals surface area contributed by atoms with Gasteiger partial charge in [-0.25, -0.2) is 13.8 Å². The molecular weight excluding hydrogens is 536 g/mol. The maximum atomic E-state index is 12.5. The van der Waals surface area contributed by atoms with Gasteiger partial charge in [0, 0.05) is 12.6 Å². The quantitative estimate of drug-likeness (QED) is 0.225. The molecule has 0 heterocycles. The minimum absolute atomic E-state index is 0.116. The van der Waals surface area contributed by atoms with E-state index in [0.717, 1.165) is 22.5 Å². The lowest BCUT2D eigenvalue weighted by atomic mass is 10.1. The fourth-order valence-corrected chi connectivity index (χ4v) is 4.41. The van der Waals surface area contributed by atoms with Crippen molar-refractivity contribution in [3.63, 3.8) is 0 Å². The highest BCUT2D eigenvalue weighted by molar-refractivity contribution is 7.92. The second-order valence-electron chi connectivity index (χ2n) is 8.55. The first-order valence-electron chi connectivity index (χ1n) is 12.2. The van der Waals surface area contributed by atoms with Crippen LogP contribution in [0.4, 0.5) is 5.69 Å². The number of amides is 2. The Morgan fingerprint density at radius 1 is 0.925 bits per heavy atom. The van der Waals surface area contributed by atoms with Crippen LogP contribution in [0.2, 0.25) is 0 Å². The zero-order valence-electron chi connectivity index (χ0n) is 22.5. The van der Waals surface area contributed by atoms with E-state index in [1.807, 2.05) is 30.3 Å². The van der Waals surface area contributed by atoms with Crippen molar-refractivity contribution in [1.82, 2.24) is 10.7 Å². The van der Waals surface area contributed by atoms with Crippen LogP contribution in [0.3, 0.4) is 0 Å². The van der Waals surface area contributed by atoms with Gasteiger partial charge in [-0.2, -0.15) is 5.10 Å². The number of benzene rings is 3. The molecule has 0 aliphatic rings. The third kappa shape index (κ3) is 9.31. The molecule has 0 aliphatic carbocycles. The van der Waals surface area contributed by atoms with Gasteiger partial charge in [-0.1, -0.05) is 30.3 Å². The number of methoxy groups -OCH3 is 2. The Balaban J connectivity index is 1.47. The topological polar surface area (TPSA) is 136 Å². The Morgan fingerprint density at radius 2 is 1.62 bits per heavy atom. The second-order valence-corrected chi connectivity index (χ2v) is 10.5. The lowest BCUT2D eigenvalue weighted by molar-refractivity contribution is -0.123. The molecule has 0 bridgehead atoms. The highest BCUT2D eigenvalue weighted by atomic mass is 32.2. The van der Waals surface area contributed by atoms with Crippen molar-refractivity contribution in [1.29, 1.82) is 0 Å². The monoisotopic (exact) mass is 568 g/mol. The number of ether oxygens (including phenoxy) is 3. The highest BCUT2D eigenvalue weighted by Crippen LogP contribution is 2.32. The lowest BCUT2D eigenvalue weighted by Gasteiger charge is -2.22. The number of carbonyl (C=O) groups excluding carboxylic acids is 2. The average molecular weight is 569 g/mol. The summed E-state index contributed by atoms with van der Waals surface area (Å²) in [4.78, 5) is 24.5. The molecule has 0 aromatic heterocycles. The first-order chi connectivity index (χ1) is 19.2. The van der Waals surface area contributed by atoms with Gasteiger partial charge < -0.3 is 19.5 Å². The summed E-state index contributed by atoms with van der Waals surface area (Å²) in [5, 5.41) is 6.72. The van der Waals surface area contributed by atoms with Crippen LogP contribution in [0.15, 0.2) is 77.9 Å². The predicted molar refractivity (Wildman–Crippen MR) is 153 cm³/mol. The van der Waals surface area contributed by atoms with Gasteiger partial charge in [0.2, 0.25) is 10.0 Å². The van der Waals surface area contributed by atoms with Crippen molar-refractivity contribution < 1.29 is 32.2 Å². The molecule has 2 amide bonds. The number of nitrogens with one attached hydrogen (secondary N) is 2. The summed E-state index contributed by atoms with van der Waals surface area (Å²) in [6.07, 6.45) is 3.14. The second kappa shape index (κ2) is 14.5. The van der Waals surface area contributed by atoms with Crippen LogP contribution in [-0.2, 0) is 26.0 Å². The molecule has 0 unspecified atom stereocenters. The number of hydrogen-bond acceptors (Lipinski definition) is 8. The van der Waals surface area contributed by atoms with Crippen molar-refractivity contribution in [3.05, 3.63) is 83.9 Å². The smallest absolute Gasteiger partial charge is 0.260 e. The van der Waals surface area contributed by atoms with Crippen molar-refractivity contribution in [3.8, 4) is 17.2 Å². The number of rotatable bonds is 14. The standard InChI is InChI=1S/C28H32N4O7S/c1-37-25-14-11-23(17-26(25)38-2)32(40(3,35)36)19-27(33)31-30-18-22-9-12-24(13-10-22)39-20-28(34)29-16-15-21-7-5-4-6-8-21/h4-14,17-18H,15-16,19-20H2,1-3H3,(H,29,34)(H,31,33)/b30-18+. The zero-order chi connectivity index (χ0) is 29.0. The maximum absolute atomic E-state index is 12.5. The Hall–Kier alpha value is -4.58. The summed E-state index contributed by atoms with van der Waals surface area (Å²) in [5.41, 5.74) is 4.35. The molecule has 0 atom stereocenters. The van der Waals surface area contributed by atoms with E-state index in [4.69, 9.17) is 14.2 Å². The third-order valence-corrected chi connectivity index (χ3v) is 6.71. The van der Waals surface area contributed by atoms with Crippen LogP contribution >= 0.6 is 0 Å². The Morgan fingerprint density at radius 3 is 2.27 bits per heavy atom. The molecule has 212 valence electrons. The van der Waals surface area contributed by atoms with E-state index in [1.54, 1.807) is 30.3 Å². The molecule has 3 rings (SSSR count). The van der Waals surface area contributed by atoms with Gasteiger partial charge >= 0.3 is 0 Å². The van der Waals surface area contributed by atoms with Gasteiger partial charge in [0.1, 0.15) is 12.3 Å². The van der Waals surface area contributed by atoms with Crippen molar-refractivity contribution in [2.45, 2.75) is 6.42 Å². The van der Waals surface area contributed by atoms with Gasteiger partial charge in [0.05, 0.1) is 32.4 Å². The molecule has 40 heavy (non-hydrogen) atoms. The third-order valence-electron chi connectivity index (χ3n) is 5.57. The van der Waals surface area contributed by atoms with Gasteiger partial charge in [0.15, 0.2) is 18.1 Å². The predicted octanol–water partition coefficient (Wildman–Crippen LogP) is 2.36. The highest BCUT2D eigenvalue weighted by Gasteiger charge is 2.22.